The number of esters is 1. The molecular weight excluding hydrogens is 811 g/mol. The zero-order valence-corrected chi connectivity index (χ0v) is 41.2. The molecule has 1 amide bonds. The average Bonchev–Trinajstić information content (AvgIpc) is 3.29. The largest absolute Gasteiger partial charge is 0.454 e. The van der Waals surface area contributed by atoms with Crippen molar-refractivity contribution in [2.24, 2.45) is 0 Å². The van der Waals surface area contributed by atoms with Crippen molar-refractivity contribution in [1.29, 1.82) is 0 Å². The molecule has 0 spiro atoms. The Kier molecular flexibility index (Phi) is 39.9. The maximum absolute atomic E-state index is 13.3. The lowest BCUT2D eigenvalue weighted by Gasteiger charge is -2.41. The van der Waals surface area contributed by atoms with Gasteiger partial charge >= 0.3 is 5.97 Å². The first-order valence-electron chi connectivity index (χ1n) is 26.6. The molecule has 64 heavy (non-hydrogen) atoms. The van der Waals surface area contributed by atoms with Gasteiger partial charge in [-0.3, -0.25) is 9.59 Å². The van der Waals surface area contributed by atoms with Crippen LogP contribution in [0.25, 0.3) is 0 Å². The summed E-state index contributed by atoms with van der Waals surface area (Å²) < 4.78 is 17.5. The summed E-state index contributed by atoms with van der Waals surface area (Å²) in [7, 11) is 0. The van der Waals surface area contributed by atoms with Gasteiger partial charge in [0, 0.05) is 6.42 Å². The molecule has 1 fully saturated rings. The Balaban J connectivity index is 2.80. The molecule has 6 N–H and O–H groups in total. The molecule has 11 nitrogen and oxygen atoms in total. The number of ether oxygens (including phenoxy) is 3. The molecule has 0 saturated carbocycles. The Hall–Kier alpha value is -1.86. The van der Waals surface area contributed by atoms with Crippen LogP contribution in [0.3, 0.4) is 0 Å². The van der Waals surface area contributed by atoms with Crippen LogP contribution in [0.5, 0.6) is 0 Å². The standard InChI is InChI=1S/C53H99NO10/c1-4-7-10-13-16-19-22-25-27-30-33-36-39-45(56)44(54-52(61)46(57)40-37-34-31-28-26-23-20-17-14-11-8-5-2)43-62-53-51(50(60)49(59)47(42-55)63-53)64-48(58)41-38-35-32-29-24-21-18-15-12-9-6-3/h26,28,36,39,44-47,49-51,53,55-57,59-60H,4-25,27,29-35,37-38,40-43H2,1-3H3,(H,54,61)/b28-26-,39-36+. The highest BCUT2D eigenvalue weighted by molar-refractivity contribution is 5.80. The third kappa shape index (κ3) is 31.2. The average molecular weight is 910 g/mol. The lowest BCUT2D eigenvalue weighted by Crippen LogP contribution is -2.61. The topological polar surface area (TPSA) is 175 Å². The number of hydrogen-bond acceptors (Lipinski definition) is 10. The van der Waals surface area contributed by atoms with E-state index in [4.69, 9.17) is 14.2 Å². The summed E-state index contributed by atoms with van der Waals surface area (Å²) in [5.41, 5.74) is 0. The lowest BCUT2D eigenvalue weighted by atomic mass is 9.99. The first-order chi connectivity index (χ1) is 31.2. The van der Waals surface area contributed by atoms with Crippen molar-refractivity contribution in [1.82, 2.24) is 5.32 Å². The Bertz CT molecular complexity index is 1140. The van der Waals surface area contributed by atoms with Crippen LogP contribution in [-0.2, 0) is 23.8 Å². The minimum absolute atomic E-state index is 0.126. The summed E-state index contributed by atoms with van der Waals surface area (Å²) in [6.45, 7) is 5.73. The zero-order chi connectivity index (χ0) is 46.9. The Labute approximate surface area is 391 Å². The second-order valence-electron chi connectivity index (χ2n) is 18.6. The van der Waals surface area contributed by atoms with Gasteiger partial charge in [0.25, 0.3) is 0 Å². The smallest absolute Gasteiger partial charge is 0.306 e. The molecule has 0 radical (unpaired) electrons. The van der Waals surface area contributed by atoms with Crippen molar-refractivity contribution in [2.45, 2.75) is 288 Å². The summed E-state index contributed by atoms with van der Waals surface area (Å²) in [5, 5.41) is 56.5. The van der Waals surface area contributed by atoms with Crippen LogP contribution in [-0.4, -0.2) is 99.6 Å². The van der Waals surface area contributed by atoms with Gasteiger partial charge in [-0.1, -0.05) is 206 Å². The summed E-state index contributed by atoms with van der Waals surface area (Å²) in [4.78, 5) is 26.3. The van der Waals surface area contributed by atoms with Gasteiger partial charge in [0.2, 0.25) is 5.91 Å². The number of aliphatic hydroxyl groups excluding tert-OH is 5. The molecule has 0 aromatic carbocycles. The van der Waals surface area contributed by atoms with E-state index in [9.17, 15) is 35.1 Å². The maximum Gasteiger partial charge on any atom is 0.306 e. The number of carbonyl (C=O) groups is 2. The number of nitrogens with one attached hydrogen (secondary N) is 1. The van der Waals surface area contributed by atoms with Gasteiger partial charge < -0.3 is 45.1 Å². The number of allylic oxidation sites excluding steroid dienone is 3. The summed E-state index contributed by atoms with van der Waals surface area (Å²) in [6, 6.07) is -1.02. The van der Waals surface area contributed by atoms with Crippen molar-refractivity contribution < 1.29 is 49.3 Å². The van der Waals surface area contributed by atoms with Gasteiger partial charge in [-0.05, 0) is 51.4 Å². The van der Waals surface area contributed by atoms with E-state index in [1.807, 2.05) is 6.08 Å². The first-order valence-corrected chi connectivity index (χ1v) is 26.6. The number of aliphatic hydroxyl groups is 5. The Morgan fingerprint density at radius 3 is 1.52 bits per heavy atom. The van der Waals surface area contributed by atoms with E-state index in [0.717, 1.165) is 57.8 Å². The van der Waals surface area contributed by atoms with Gasteiger partial charge in [0.1, 0.15) is 24.4 Å². The molecular formula is C53H99NO10. The van der Waals surface area contributed by atoms with Crippen molar-refractivity contribution in [3.05, 3.63) is 24.3 Å². The molecule has 0 aromatic rings. The third-order valence-corrected chi connectivity index (χ3v) is 12.6. The SMILES string of the molecule is CCCCCCCC/C=C\CCCCC(O)C(=O)NC(COC1OC(CO)C(O)C(O)C1OC(=O)CCCCCCCCCCCCC)C(O)/C=C/CCCCCCCCCCCC. The van der Waals surface area contributed by atoms with Gasteiger partial charge in [0.05, 0.1) is 25.4 Å². The fourth-order valence-corrected chi connectivity index (χ4v) is 8.29. The molecule has 0 aliphatic carbocycles. The summed E-state index contributed by atoms with van der Waals surface area (Å²) in [5.74, 6) is -1.21. The van der Waals surface area contributed by atoms with Crippen molar-refractivity contribution in [2.75, 3.05) is 13.2 Å². The van der Waals surface area contributed by atoms with E-state index in [2.05, 4.69) is 38.2 Å². The molecule has 8 unspecified atom stereocenters. The van der Waals surface area contributed by atoms with Crippen molar-refractivity contribution >= 4 is 11.9 Å². The Morgan fingerprint density at radius 1 is 0.594 bits per heavy atom. The monoisotopic (exact) mass is 910 g/mol. The molecule has 1 saturated heterocycles. The van der Waals surface area contributed by atoms with Gasteiger partial charge in [-0.2, -0.15) is 0 Å². The van der Waals surface area contributed by atoms with E-state index < -0.39 is 67.4 Å². The number of unbranched alkanes of at least 4 members (excludes halogenated alkanes) is 28. The fraction of sp³-hybridized carbons (Fsp3) is 0.887. The van der Waals surface area contributed by atoms with Crippen LogP contribution >= 0.6 is 0 Å². The van der Waals surface area contributed by atoms with Crippen molar-refractivity contribution in [3.8, 4) is 0 Å². The molecule has 376 valence electrons. The van der Waals surface area contributed by atoms with E-state index >= 15 is 0 Å². The minimum Gasteiger partial charge on any atom is -0.454 e. The number of rotatable bonds is 44. The molecule has 0 aromatic heterocycles. The van der Waals surface area contributed by atoms with Crippen LogP contribution in [0.4, 0.5) is 0 Å². The molecule has 1 aliphatic heterocycles. The van der Waals surface area contributed by atoms with Crippen LogP contribution in [0.2, 0.25) is 0 Å². The van der Waals surface area contributed by atoms with Crippen LogP contribution < -0.4 is 5.32 Å². The summed E-state index contributed by atoms with van der Waals surface area (Å²) >= 11 is 0. The molecule has 1 heterocycles. The molecule has 1 rings (SSSR count). The van der Waals surface area contributed by atoms with Crippen molar-refractivity contribution in [3.63, 3.8) is 0 Å². The van der Waals surface area contributed by atoms with Gasteiger partial charge in [-0.15, -0.1) is 0 Å². The first kappa shape index (κ1) is 60.2. The van der Waals surface area contributed by atoms with Gasteiger partial charge in [0.15, 0.2) is 12.4 Å². The third-order valence-electron chi connectivity index (χ3n) is 12.6. The highest BCUT2D eigenvalue weighted by atomic mass is 16.7. The predicted octanol–water partition coefficient (Wildman–Crippen LogP) is 11.0. The molecule has 8 atom stereocenters. The molecule has 0 bridgehead atoms. The van der Waals surface area contributed by atoms with E-state index in [0.29, 0.717) is 12.8 Å². The molecule has 11 heteroatoms. The van der Waals surface area contributed by atoms with Gasteiger partial charge in [-0.25, -0.2) is 0 Å². The number of hydrogen-bond donors (Lipinski definition) is 6. The van der Waals surface area contributed by atoms with Crippen LogP contribution in [0.1, 0.15) is 239 Å². The highest BCUT2D eigenvalue weighted by Crippen LogP contribution is 2.26. The second kappa shape index (κ2) is 42.5. The quantitative estimate of drug-likeness (QED) is 0.0196. The van der Waals surface area contributed by atoms with Crippen LogP contribution in [0.15, 0.2) is 24.3 Å². The number of amides is 1. The van der Waals surface area contributed by atoms with Crippen LogP contribution in [0, 0.1) is 0 Å². The number of carbonyl (C=O) groups excluding carboxylic acids is 2. The minimum atomic E-state index is -1.61. The van der Waals surface area contributed by atoms with E-state index in [1.54, 1.807) is 6.08 Å². The summed E-state index contributed by atoms with van der Waals surface area (Å²) in [6.07, 6.45) is 35.2. The Morgan fingerprint density at radius 2 is 1.03 bits per heavy atom. The maximum atomic E-state index is 13.3. The fourth-order valence-electron chi connectivity index (χ4n) is 8.29. The zero-order valence-electron chi connectivity index (χ0n) is 41.2. The highest BCUT2D eigenvalue weighted by Gasteiger charge is 2.47. The normalized spacial score (nSPS) is 20.5. The lowest BCUT2D eigenvalue weighted by molar-refractivity contribution is -0.305. The molecule has 1 aliphatic rings. The predicted molar refractivity (Wildman–Crippen MR) is 260 cm³/mol. The van der Waals surface area contributed by atoms with E-state index in [1.165, 1.54) is 135 Å². The second-order valence-corrected chi connectivity index (χ2v) is 18.6. The van der Waals surface area contributed by atoms with E-state index in [-0.39, 0.29) is 19.4 Å².